The molecular formula is C14H18F3NO2S. The molecular weight excluding hydrogens is 303 g/mol. The average molecular weight is 321 g/mol. The second-order valence-corrected chi connectivity index (χ2v) is 7.33. The van der Waals surface area contributed by atoms with Crippen LogP contribution in [-0.2, 0) is 16.2 Å². The lowest BCUT2D eigenvalue weighted by Crippen LogP contribution is -2.47. The second-order valence-electron chi connectivity index (χ2n) is 5.49. The van der Waals surface area contributed by atoms with Gasteiger partial charge in [0, 0.05) is 12.1 Å². The summed E-state index contributed by atoms with van der Waals surface area (Å²) in [7, 11) is -3.91. The Kier molecular flexibility index (Phi) is 4.35. The molecule has 1 saturated heterocycles. The molecule has 2 atom stereocenters. The highest BCUT2D eigenvalue weighted by Crippen LogP contribution is 2.33. The molecule has 0 spiro atoms. The molecule has 1 aliphatic rings. The molecule has 0 aliphatic carbocycles. The van der Waals surface area contributed by atoms with Crippen LogP contribution in [-0.4, -0.2) is 24.8 Å². The molecule has 1 heterocycles. The molecule has 2 rings (SSSR count). The van der Waals surface area contributed by atoms with Crippen molar-refractivity contribution in [1.82, 2.24) is 4.31 Å². The van der Waals surface area contributed by atoms with Crippen LogP contribution in [0.2, 0.25) is 0 Å². The third-order valence-electron chi connectivity index (χ3n) is 3.85. The zero-order valence-electron chi connectivity index (χ0n) is 11.9. The average Bonchev–Trinajstić information content (AvgIpc) is 2.37. The van der Waals surface area contributed by atoms with E-state index in [1.165, 1.54) is 10.4 Å². The number of halogens is 3. The predicted octanol–water partition coefficient (Wildman–Crippen LogP) is 3.66. The van der Waals surface area contributed by atoms with Gasteiger partial charge in [0.05, 0.1) is 10.5 Å². The Morgan fingerprint density at radius 3 is 2.24 bits per heavy atom. The Morgan fingerprint density at radius 1 is 1.14 bits per heavy atom. The van der Waals surface area contributed by atoms with Crippen LogP contribution in [0.25, 0.3) is 0 Å². The highest BCUT2D eigenvalue weighted by Gasteiger charge is 2.37. The topological polar surface area (TPSA) is 37.4 Å². The lowest BCUT2D eigenvalue weighted by molar-refractivity contribution is -0.137. The maximum atomic E-state index is 12.7. The van der Waals surface area contributed by atoms with Crippen LogP contribution in [0.15, 0.2) is 29.2 Å². The molecule has 0 bridgehead atoms. The normalized spacial score (nSPS) is 25.0. The van der Waals surface area contributed by atoms with Crippen molar-refractivity contribution in [2.24, 2.45) is 0 Å². The summed E-state index contributed by atoms with van der Waals surface area (Å²) in [5, 5.41) is 0. The molecule has 0 saturated carbocycles. The minimum atomic E-state index is -4.55. The Labute approximate surface area is 122 Å². The van der Waals surface area contributed by atoms with Crippen LogP contribution in [0, 0.1) is 0 Å². The van der Waals surface area contributed by atoms with E-state index < -0.39 is 21.8 Å². The van der Waals surface area contributed by atoms with E-state index in [0.29, 0.717) is 6.07 Å². The van der Waals surface area contributed by atoms with Gasteiger partial charge in [-0.1, -0.05) is 12.5 Å². The van der Waals surface area contributed by atoms with E-state index in [1.807, 2.05) is 0 Å². The van der Waals surface area contributed by atoms with Gasteiger partial charge in [-0.2, -0.15) is 17.5 Å². The van der Waals surface area contributed by atoms with E-state index in [4.69, 9.17) is 0 Å². The third-order valence-corrected chi connectivity index (χ3v) is 5.97. The first-order chi connectivity index (χ1) is 9.64. The molecule has 0 radical (unpaired) electrons. The van der Waals surface area contributed by atoms with E-state index >= 15 is 0 Å². The van der Waals surface area contributed by atoms with Gasteiger partial charge in [0.25, 0.3) is 0 Å². The number of hydrogen-bond donors (Lipinski definition) is 0. The predicted molar refractivity (Wildman–Crippen MR) is 73.2 cm³/mol. The SMILES string of the molecule is C[C@H]1CCC[C@H](C)N1S(=O)(=O)c1cccc(C(F)(F)F)c1. The van der Waals surface area contributed by atoms with Crippen LogP contribution in [0.3, 0.4) is 0 Å². The molecule has 1 aromatic rings. The van der Waals surface area contributed by atoms with Crippen molar-refractivity contribution in [2.75, 3.05) is 0 Å². The van der Waals surface area contributed by atoms with Gasteiger partial charge < -0.3 is 0 Å². The van der Waals surface area contributed by atoms with Gasteiger partial charge >= 0.3 is 6.18 Å². The first-order valence-electron chi connectivity index (χ1n) is 6.85. The van der Waals surface area contributed by atoms with E-state index in [9.17, 15) is 21.6 Å². The first-order valence-corrected chi connectivity index (χ1v) is 8.29. The van der Waals surface area contributed by atoms with Gasteiger partial charge in [-0.15, -0.1) is 0 Å². The summed E-state index contributed by atoms with van der Waals surface area (Å²) in [6, 6.07) is 3.54. The number of nitrogens with zero attached hydrogens (tertiary/aromatic N) is 1. The molecule has 3 nitrogen and oxygen atoms in total. The van der Waals surface area contributed by atoms with Crippen molar-refractivity contribution in [3.63, 3.8) is 0 Å². The van der Waals surface area contributed by atoms with E-state index in [-0.39, 0.29) is 17.0 Å². The summed E-state index contributed by atoms with van der Waals surface area (Å²) in [5.74, 6) is 0. The van der Waals surface area contributed by atoms with Gasteiger partial charge in [-0.25, -0.2) is 8.42 Å². The molecule has 0 amide bonds. The van der Waals surface area contributed by atoms with Crippen molar-refractivity contribution in [3.05, 3.63) is 29.8 Å². The van der Waals surface area contributed by atoms with Gasteiger partial charge in [0.1, 0.15) is 0 Å². The Morgan fingerprint density at radius 2 is 1.71 bits per heavy atom. The smallest absolute Gasteiger partial charge is 0.207 e. The molecule has 0 unspecified atom stereocenters. The first kappa shape index (κ1) is 16.3. The monoisotopic (exact) mass is 321 g/mol. The Bertz CT molecular complexity index is 603. The Balaban J connectivity index is 2.44. The third kappa shape index (κ3) is 3.23. The van der Waals surface area contributed by atoms with Crippen LogP contribution >= 0.6 is 0 Å². The second kappa shape index (κ2) is 5.61. The fraction of sp³-hybridized carbons (Fsp3) is 0.571. The van der Waals surface area contributed by atoms with Gasteiger partial charge in [0.2, 0.25) is 10.0 Å². The minimum Gasteiger partial charge on any atom is -0.207 e. The van der Waals surface area contributed by atoms with Gasteiger partial charge in [0.15, 0.2) is 0 Å². The van der Waals surface area contributed by atoms with E-state index in [2.05, 4.69) is 0 Å². The highest BCUT2D eigenvalue weighted by atomic mass is 32.2. The highest BCUT2D eigenvalue weighted by molar-refractivity contribution is 7.89. The van der Waals surface area contributed by atoms with Crippen molar-refractivity contribution in [1.29, 1.82) is 0 Å². The molecule has 0 aromatic heterocycles. The Hall–Kier alpha value is -1.08. The number of rotatable bonds is 2. The van der Waals surface area contributed by atoms with E-state index in [1.54, 1.807) is 13.8 Å². The fourth-order valence-corrected chi connectivity index (χ4v) is 4.75. The molecule has 0 N–H and O–H groups in total. The minimum absolute atomic E-state index is 0.201. The van der Waals surface area contributed by atoms with Crippen LogP contribution in [0.5, 0.6) is 0 Å². The number of sulfonamides is 1. The van der Waals surface area contributed by atoms with Gasteiger partial charge in [-0.3, -0.25) is 0 Å². The molecule has 7 heteroatoms. The summed E-state index contributed by atoms with van der Waals surface area (Å²) in [6.07, 6.45) is -2.17. The molecule has 1 aromatic carbocycles. The molecule has 1 fully saturated rings. The number of hydrogen-bond acceptors (Lipinski definition) is 2. The number of benzene rings is 1. The van der Waals surface area contributed by atoms with Crippen LogP contribution < -0.4 is 0 Å². The fourth-order valence-electron chi connectivity index (χ4n) is 2.83. The number of alkyl halides is 3. The van der Waals surface area contributed by atoms with Crippen molar-refractivity contribution in [2.45, 2.75) is 56.3 Å². The maximum Gasteiger partial charge on any atom is 0.416 e. The lowest BCUT2D eigenvalue weighted by atomic mass is 10.0. The molecule has 1 aliphatic heterocycles. The molecule has 21 heavy (non-hydrogen) atoms. The van der Waals surface area contributed by atoms with E-state index in [0.717, 1.165) is 31.4 Å². The molecule has 118 valence electrons. The summed E-state index contributed by atoms with van der Waals surface area (Å²) < 4.78 is 64.9. The van der Waals surface area contributed by atoms with Crippen LogP contribution in [0.1, 0.15) is 38.7 Å². The quantitative estimate of drug-likeness (QED) is 0.834. The zero-order chi connectivity index (χ0) is 15.8. The lowest BCUT2D eigenvalue weighted by Gasteiger charge is -2.37. The van der Waals surface area contributed by atoms with Crippen molar-refractivity contribution >= 4 is 10.0 Å². The summed E-state index contributed by atoms with van der Waals surface area (Å²) in [6.45, 7) is 3.58. The largest absolute Gasteiger partial charge is 0.416 e. The zero-order valence-corrected chi connectivity index (χ0v) is 12.7. The summed E-state index contributed by atoms with van der Waals surface area (Å²) >= 11 is 0. The van der Waals surface area contributed by atoms with Crippen LogP contribution in [0.4, 0.5) is 13.2 Å². The standard InChI is InChI=1S/C14H18F3NO2S/c1-10-5-3-6-11(2)18(10)21(19,20)13-8-4-7-12(9-13)14(15,16)17/h4,7-11H,3,5-6H2,1-2H3/t10-,11-/m0/s1. The van der Waals surface area contributed by atoms with Crippen molar-refractivity contribution < 1.29 is 21.6 Å². The summed E-state index contributed by atoms with van der Waals surface area (Å²) in [4.78, 5) is -0.294. The van der Waals surface area contributed by atoms with Crippen molar-refractivity contribution in [3.8, 4) is 0 Å². The number of piperidine rings is 1. The van der Waals surface area contributed by atoms with Gasteiger partial charge in [-0.05, 0) is 44.9 Å². The maximum absolute atomic E-state index is 12.7. The summed E-state index contributed by atoms with van der Waals surface area (Å²) in [5.41, 5.74) is -0.944.